The van der Waals surface area contributed by atoms with Gasteiger partial charge in [0.05, 0.1) is 5.69 Å². The molecule has 21 heavy (non-hydrogen) atoms. The van der Waals surface area contributed by atoms with Crippen molar-refractivity contribution in [3.05, 3.63) is 58.9 Å². The normalized spacial score (nSPS) is 10.3. The van der Waals surface area contributed by atoms with E-state index in [1.54, 1.807) is 12.1 Å². The molecule has 0 aromatic heterocycles. The zero-order chi connectivity index (χ0) is 15.4. The molecule has 0 heterocycles. The van der Waals surface area contributed by atoms with Crippen molar-refractivity contribution in [1.29, 1.82) is 0 Å². The Balaban J connectivity index is 2.13. The number of aryl methyl sites for hydroxylation is 2. The maximum absolute atomic E-state index is 13.8. The Kier molecular flexibility index (Phi) is 4.58. The van der Waals surface area contributed by atoms with Gasteiger partial charge >= 0.3 is 0 Å². The van der Waals surface area contributed by atoms with Crippen molar-refractivity contribution in [3.8, 4) is 0 Å². The van der Waals surface area contributed by atoms with Crippen LogP contribution in [0.5, 0.6) is 0 Å². The average molecular weight is 286 g/mol. The number of hydrogen-bond acceptors (Lipinski definition) is 2. The van der Waals surface area contributed by atoms with Gasteiger partial charge in [-0.25, -0.2) is 4.39 Å². The molecule has 0 aliphatic rings. The monoisotopic (exact) mass is 286 g/mol. The van der Waals surface area contributed by atoms with Gasteiger partial charge in [-0.3, -0.25) is 4.79 Å². The van der Waals surface area contributed by atoms with Gasteiger partial charge in [-0.15, -0.1) is 0 Å². The lowest BCUT2D eigenvalue weighted by atomic mass is 10.1. The fourth-order valence-electron chi connectivity index (χ4n) is 2.18. The van der Waals surface area contributed by atoms with Gasteiger partial charge < -0.3 is 10.6 Å². The highest BCUT2D eigenvalue weighted by atomic mass is 19.1. The van der Waals surface area contributed by atoms with Crippen LogP contribution < -0.4 is 10.6 Å². The highest BCUT2D eigenvalue weighted by Gasteiger charge is 2.05. The minimum absolute atomic E-state index is 0.179. The number of carbonyl (C=O) groups is 1. The lowest BCUT2D eigenvalue weighted by Gasteiger charge is -2.12. The van der Waals surface area contributed by atoms with Crippen LogP contribution in [0.4, 0.5) is 15.8 Å². The number of nitrogens with one attached hydrogen (secondary N) is 2. The van der Waals surface area contributed by atoms with Crippen molar-refractivity contribution in [2.45, 2.75) is 27.3 Å². The lowest BCUT2D eigenvalue weighted by Crippen LogP contribution is -2.08. The Morgan fingerprint density at radius 1 is 1.14 bits per heavy atom. The summed E-state index contributed by atoms with van der Waals surface area (Å²) in [4.78, 5) is 11.0. The first kappa shape index (κ1) is 15.0. The van der Waals surface area contributed by atoms with E-state index in [0.29, 0.717) is 17.9 Å². The molecule has 0 unspecified atom stereocenters. The first-order chi connectivity index (χ1) is 9.95. The molecule has 2 aromatic carbocycles. The van der Waals surface area contributed by atoms with Crippen LogP contribution in [-0.4, -0.2) is 5.91 Å². The SMILES string of the molecule is CC(=O)Nc1ccc(F)c(NCc2ccc(C)cc2C)c1. The molecule has 0 fully saturated rings. The number of hydrogen-bond donors (Lipinski definition) is 2. The zero-order valence-electron chi connectivity index (χ0n) is 12.5. The molecular formula is C17H19FN2O. The van der Waals surface area contributed by atoms with E-state index in [0.717, 1.165) is 5.56 Å². The third-order valence-electron chi connectivity index (χ3n) is 3.25. The van der Waals surface area contributed by atoms with Crippen molar-refractivity contribution < 1.29 is 9.18 Å². The molecule has 2 rings (SSSR count). The van der Waals surface area contributed by atoms with Gasteiger partial charge in [0.15, 0.2) is 0 Å². The van der Waals surface area contributed by atoms with Crippen LogP contribution in [0.3, 0.4) is 0 Å². The summed E-state index contributed by atoms with van der Waals surface area (Å²) < 4.78 is 13.8. The zero-order valence-corrected chi connectivity index (χ0v) is 12.5. The molecular weight excluding hydrogens is 267 g/mol. The molecule has 0 aliphatic carbocycles. The highest BCUT2D eigenvalue weighted by molar-refractivity contribution is 5.89. The van der Waals surface area contributed by atoms with Crippen molar-refractivity contribution in [1.82, 2.24) is 0 Å². The molecule has 3 nitrogen and oxygen atoms in total. The second-order valence-corrected chi connectivity index (χ2v) is 5.16. The molecule has 2 N–H and O–H groups in total. The second-order valence-electron chi connectivity index (χ2n) is 5.16. The molecule has 0 radical (unpaired) electrons. The van der Waals surface area contributed by atoms with Gasteiger partial charge in [0.1, 0.15) is 5.82 Å². The molecule has 0 aliphatic heterocycles. The van der Waals surface area contributed by atoms with Crippen molar-refractivity contribution in [2.75, 3.05) is 10.6 Å². The predicted molar refractivity (Wildman–Crippen MR) is 83.9 cm³/mol. The van der Waals surface area contributed by atoms with Gasteiger partial charge in [-0.1, -0.05) is 23.8 Å². The number of carbonyl (C=O) groups excluding carboxylic acids is 1. The van der Waals surface area contributed by atoms with Crippen LogP contribution in [0.25, 0.3) is 0 Å². The fourth-order valence-corrected chi connectivity index (χ4v) is 2.18. The Labute approximate surface area is 124 Å². The third-order valence-corrected chi connectivity index (χ3v) is 3.25. The number of halogens is 1. The van der Waals surface area contributed by atoms with E-state index in [1.165, 1.54) is 24.1 Å². The molecule has 0 atom stereocenters. The largest absolute Gasteiger partial charge is 0.379 e. The average Bonchev–Trinajstić information content (AvgIpc) is 2.40. The summed E-state index contributed by atoms with van der Waals surface area (Å²) in [6.45, 7) is 6.04. The van der Waals surface area contributed by atoms with E-state index < -0.39 is 0 Å². The molecule has 110 valence electrons. The van der Waals surface area contributed by atoms with Gasteiger partial charge in [0.25, 0.3) is 0 Å². The number of benzene rings is 2. The van der Waals surface area contributed by atoms with Crippen LogP contribution in [0, 0.1) is 19.7 Å². The van der Waals surface area contributed by atoms with E-state index in [4.69, 9.17) is 0 Å². The summed E-state index contributed by atoms with van der Waals surface area (Å²) in [5.74, 6) is -0.518. The lowest BCUT2D eigenvalue weighted by molar-refractivity contribution is -0.114. The van der Waals surface area contributed by atoms with Gasteiger partial charge in [-0.2, -0.15) is 0 Å². The molecule has 1 amide bonds. The summed E-state index contributed by atoms with van der Waals surface area (Å²) in [6.07, 6.45) is 0. The summed E-state index contributed by atoms with van der Waals surface area (Å²) in [5, 5.41) is 5.72. The number of rotatable bonds is 4. The smallest absolute Gasteiger partial charge is 0.221 e. The summed E-state index contributed by atoms with van der Waals surface area (Å²) in [5.41, 5.74) is 4.44. The van der Waals surface area contributed by atoms with E-state index in [2.05, 4.69) is 16.7 Å². The number of amides is 1. The first-order valence-electron chi connectivity index (χ1n) is 6.83. The van der Waals surface area contributed by atoms with Crippen LogP contribution in [0.1, 0.15) is 23.6 Å². The molecule has 0 spiro atoms. The standard InChI is InChI=1S/C17H19FN2O/c1-11-4-5-14(12(2)8-11)10-19-17-9-15(20-13(3)21)6-7-16(17)18/h4-9,19H,10H2,1-3H3,(H,20,21). The second kappa shape index (κ2) is 6.39. The fraction of sp³-hybridized carbons (Fsp3) is 0.235. The maximum Gasteiger partial charge on any atom is 0.221 e. The first-order valence-corrected chi connectivity index (χ1v) is 6.83. The van der Waals surface area contributed by atoms with Crippen LogP contribution in [-0.2, 0) is 11.3 Å². The molecule has 0 saturated carbocycles. The molecule has 4 heteroatoms. The van der Waals surface area contributed by atoms with Crippen LogP contribution in [0.2, 0.25) is 0 Å². The van der Waals surface area contributed by atoms with Crippen LogP contribution >= 0.6 is 0 Å². The Morgan fingerprint density at radius 2 is 1.90 bits per heavy atom. The quantitative estimate of drug-likeness (QED) is 0.891. The van der Waals surface area contributed by atoms with Crippen molar-refractivity contribution >= 4 is 17.3 Å². The van der Waals surface area contributed by atoms with E-state index in [1.807, 2.05) is 26.0 Å². The van der Waals surface area contributed by atoms with Gasteiger partial charge in [-0.05, 0) is 43.2 Å². The highest BCUT2D eigenvalue weighted by Crippen LogP contribution is 2.21. The van der Waals surface area contributed by atoms with E-state index in [-0.39, 0.29) is 11.7 Å². The Bertz CT molecular complexity index is 668. The minimum atomic E-state index is -0.339. The topological polar surface area (TPSA) is 41.1 Å². The summed E-state index contributed by atoms with van der Waals surface area (Å²) in [7, 11) is 0. The molecule has 2 aromatic rings. The molecule has 0 saturated heterocycles. The van der Waals surface area contributed by atoms with Gasteiger partial charge in [0.2, 0.25) is 5.91 Å². The third kappa shape index (κ3) is 4.05. The summed E-state index contributed by atoms with van der Waals surface area (Å²) in [6, 6.07) is 10.7. The van der Waals surface area contributed by atoms with Crippen molar-refractivity contribution in [2.24, 2.45) is 0 Å². The maximum atomic E-state index is 13.8. The van der Waals surface area contributed by atoms with Crippen molar-refractivity contribution in [3.63, 3.8) is 0 Å². The van der Waals surface area contributed by atoms with E-state index in [9.17, 15) is 9.18 Å². The predicted octanol–water partition coefficient (Wildman–Crippen LogP) is 4.01. The number of anilines is 2. The summed E-state index contributed by atoms with van der Waals surface area (Å²) >= 11 is 0. The Hall–Kier alpha value is -2.36. The van der Waals surface area contributed by atoms with Crippen LogP contribution in [0.15, 0.2) is 36.4 Å². The van der Waals surface area contributed by atoms with E-state index >= 15 is 0 Å². The van der Waals surface area contributed by atoms with Gasteiger partial charge in [0, 0.05) is 19.2 Å². The Morgan fingerprint density at radius 3 is 2.57 bits per heavy atom. The molecule has 0 bridgehead atoms. The minimum Gasteiger partial charge on any atom is -0.379 e.